The van der Waals surface area contributed by atoms with Gasteiger partial charge >= 0.3 is 12.0 Å². The Balaban J connectivity index is 1.29. The minimum Gasteiger partial charge on any atom is -0.466 e. The smallest absolute Gasteiger partial charge is 0.328 e. The number of nitrogens with zero attached hydrogens (tertiary/aromatic N) is 2. The van der Waals surface area contributed by atoms with Crippen LogP contribution >= 0.6 is 0 Å². The van der Waals surface area contributed by atoms with Gasteiger partial charge in [0.25, 0.3) is 0 Å². The van der Waals surface area contributed by atoms with Crippen molar-refractivity contribution in [2.75, 3.05) is 6.61 Å². The predicted molar refractivity (Wildman–Crippen MR) is 183 cm³/mol. The van der Waals surface area contributed by atoms with Crippen molar-refractivity contribution in [2.24, 2.45) is 0 Å². The topological polar surface area (TPSA) is 112 Å². The van der Waals surface area contributed by atoms with Gasteiger partial charge in [-0.2, -0.15) is 0 Å². The largest absolute Gasteiger partial charge is 0.466 e. The van der Waals surface area contributed by atoms with Gasteiger partial charge in [0.1, 0.15) is 6.04 Å². The van der Waals surface area contributed by atoms with E-state index in [1.807, 2.05) is 84.9 Å². The van der Waals surface area contributed by atoms with E-state index in [1.54, 1.807) is 4.90 Å². The monoisotopic (exact) mass is 650 g/mol. The molecule has 2 aliphatic heterocycles. The number of rotatable bonds is 11. The number of benzene rings is 3. The summed E-state index contributed by atoms with van der Waals surface area (Å²) in [6.07, 6.45) is 0.767. The van der Waals surface area contributed by atoms with Crippen LogP contribution in [0.2, 0.25) is 25.7 Å². The normalized spacial score (nSPS) is 18.4. The number of carbonyl (C=O) groups is 4. The van der Waals surface area contributed by atoms with Crippen molar-refractivity contribution in [1.29, 1.82) is 0 Å². The number of amides is 4. The zero-order chi connectivity index (χ0) is 33.1. The Morgan fingerprint density at radius 1 is 0.915 bits per heavy atom. The molecule has 0 unspecified atom stereocenters. The maximum absolute atomic E-state index is 14.4. The second kappa shape index (κ2) is 13.6. The maximum Gasteiger partial charge on any atom is 0.328 e. The Bertz CT molecular complexity index is 1770. The van der Waals surface area contributed by atoms with Crippen molar-refractivity contribution < 1.29 is 23.9 Å². The molecule has 2 aliphatic rings. The summed E-state index contributed by atoms with van der Waals surface area (Å²) in [4.78, 5) is 61.4. The number of esters is 1. The number of ether oxygens (including phenoxy) is 1. The molecule has 0 aliphatic carbocycles. The molecule has 244 valence electrons. The molecular formula is C37H42N4O5Si. The van der Waals surface area contributed by atoms with Crippen molar-refractivity contribution >= 4 is 42.8 Å². The third kappa shape index (κ3) is 7.33. The van der Waals surface area contributed by atoms with Crippen molar-refractivity contribution in [2.45, 2.75) is 76.0 Å². The van der Waals surface area contributed by atoms with Crippen LogP contribution in [0.15, 0.2) is 84.9 Å². The molecule has 3 heterocycles. The van der Waals surface area contributed by atoms with Crippen LogP contribution in [0.5, 0.6) is 0 Å². The third-order valence-corrected chi connectivity index (χ3v) is 10.8. The quantitative estimate of drug-likeness (QED) is 0.153. The Morgan fingerprint density at radius 3 is 2.28 bits per heavy atom. The highest BCUT2D eigenvalue weighted by Crippen LogP contribution is 2.42. The highest BCUT2D eigenvalue weighted by atomic mass is 28.3. The second-order valence-electron chi connectivity index (χ2n) is 13.8. The molecule has 47 heavy (non-hydrogen) atoms. The van der Waals surface area contributed by atoms with Gasteiger partial charge in [-0.1, -0.05) is 98.5 Å². The first kappa shape index (κ1) is 32.2. The Kier molecular flexibility index (Phi) is 9.31. The zero-order valence-corrected chi connectivity index (χ0v) is 28.2. The van der Waals surface area contributed by atoms with Gasteiger partial charge in [0.15, 0.2) is 0 Å². The molecule has 2 N–H and O–H groups in total. The molecule has 6 rings (SSSR count). The maximum atomic E-state index is 14.4. The number of aromatic nitrogens is 1. The number of imide groups is 1. The Morgan fingerprint density at radius 2 is 1.57 bits per heavy atom. The molecule has 0 saturated carbocycles. The Labute approximate surface area is 276 Å². The SMILES string of the molecule is C[Si](C)(C)CCOC(=O)C[C@@H](Cc1ccccc1)NC(=O)[C@@H]1Cc2c([nH]c3ccccc23)[C@@H]2CC(=O)N(Cc3ccccc3)C(=O)N12. The van der Waals surface area contributed by atoms with Gasteiger partial charge in [-0.3, -0.25) is 19.3 Å². The number of urea groups is 1. The van der Waals surface area contributed by atoms with E-state index in [0.29, 0.717) is 13.0 Å². The van der Waals surface area contributed by atoms with Crippen LogP contribution in [0.25, 0.3) is 10.9 Å². The highest BCUT2D eigenvalue weighted by molar-refractivity contribution is 6.76. The van der Waals surface area contributed by atoms with E-state index in [1.165, 1.54) is 4.90 Å². The number of para-hydroxylation sites is 1. The standard InChI is InChI=1S/C37H42N4O5Si/c1-47(2,3)19-18-46-34(43)21-27(20-25-12-6-4-7-13-25)38-36(44)32-22-29-28-16-10-11-17-30(28)39-35(29)31-23-33(42)40(37(45)41(31)32)24-26-14-8-5-9-15-26/h4-17,27,31-32,39H,18-24H2,1-3H3,(H,38,44)/t27-,31+,32+/m1/s1. The number of nitrogens with one attached hydrogen (secondary N) is 2. The van der Waals surface area contributed by atoms with Gasteiger partial charge in [-0.15, -0.1) is 0 Å². The van der Waals surface area contributed by atoms with Crippen molar-refractivity contribution in [1.82, 2.24) is 20.1 Å². The van der Waals surface area contributed by atoms with Gasteiger partial charge in [-0.05, 0) is 35.2 Å². The lowest BCUT2D eigenvalue weighted by Gasteiger charge is -2.46. The van der Waals surface area contributed by atoms with E-state index in [4.69, 9.17) is 4.74 Å². The Hall–Kier alpha value is -4.70. The summed E-state index contributed by atoms with van der Waals surface area (Å²) in [5, 5.41) is 4.11. The number of H-pyrrole nitrogens is 1. The molecule has 0 spiro atoms. The van der Waals surface area contributed by atoms with Crippen LogP contribution in [-0.4, -0.2) is 65.4 Å². The molecule has 4 amide bonds. The van der Waals surface area contributed by atoms with Crippen LogP contribution in [0.1, 0.15) is 41.3 Å². The van der Waals surface area contributed by atoms with Gasteiger partial charge in [0.05, 0.1) is 32.0 Å². The second-order valence-corrected chi connectivity index (χ2v) is 19.4. The van der Waals surface area contributed by atoms with Crippen molar-refractivity contribution in [3.8, 4) is 0 Å². The lowest BCUT2D eigenvalue weighted by atomic mass is 9.88. The molecule has 1 saturated heterocycles. The van der Waals surface area contributed by atoms with Gasteiger partial charge in [0.2, 0.25) is 11.8 Å². The summed E-state index contributed by atoms with van der Waals surface area (Å²) < 4.78 is 5.61. The minimum atomic E-state index is -1.39. The summed E-state index contributed by atoms with van der Waals surface area (Å²) >= 11 is 0. The highest BCUT2D eigenvalue weighted by Gasteiger charge is 2.49. The fraction of sp³-hybridized carbons (Fsp3) is 0.351. The summed E-state index contributed by atoms with van der Waals surface area (Å²) in [5.41, 5.74) is 4.43. The zero-order valence-electron chi connectivity index (χ0n) is 27.2. The van der Waals surface area contributed by atoms with Crippen LogP contribution in [0, 0.1) is 0 Å². The summed E-state index contributed by atoms with van der Waals surface area (Å²) in [5.74, 6) is -1.00. The van der Waals surface area contributed by atoms with Gasteiger partial charge in [-0.25, -0.2) is 4.79 Å². The molecule has 10 heteroatoms. The predicted octanol–water partition coefficient (Wildman–Crippen LogP) is 5.99. The molecule has 0 bridgehead atoms. The first-order valence-corrected chi connectivity index (χ1v) is 20.0. The molecule has 1 fully saturated rings. The fourth-order valence-corrected chi connectivity index (χ4v) is 7.32. The average Bonchev–Trinajstić information content (AvgIpc) is 3.42. The van der Waals surface area contributed by atoms with Gasteiger partial charge in [0, 0.05) is 37.1 Å². The van der Waals surface area contributed by atoms with Gasteiger partial charge < -0.3 is 19.9 Å². The molecule has 0 radical (unpaired) electrons. The summed E-state index contributed by atoms with van der Waals surface area (Å²) in [6, 6.07) is 25.2. The average molecular weight is 651 g/mol. The van der Waals surface area contributed by atoms with E-state index >= 15 is 0 Å². The summed E-state index contributed by atoms with van der Waals surface area (Å²) in [7, 11) is -1.39. The lowest BCUT2D eigenvalue weighted by molar-refractivity contribution is -0.144. The minimum absolute atomic E-state index is 0.00732. The molecule has 1 aromatic heterocycles. The van der Waals surface area contributed by atoms with E-state index in [9.17, 15) is 19.2 Å². The molecule has 9 nitrogen and oxygen atoms in total. The molecular weight excluding hydrogens is 609 g/mol. The third-order valence-electron chi connectivity index (χ3n) is 9.06. The van der Waals surface area contributed by atoms with E-state index in [0.717, 1.165) is 39.3 Å². The first-order chi connectivity index (χ1) is 22.6. The lowest BCUT2D eigenvalue weighted by Crippen LogP contribution is -2.62. The number of hydrogen-bond donors (Lipinski definition) is 2. The number of aromatic amines is 1. The van der Waals surface area contributed by atoms with Crippen molar-refractivity contribution in [3.63, 3.8) is 0 Å². The van der Waals surface area contributed by atoms with E-state index in [2.05, 4.69) is 29.9 Å². The van der Waals surface area contributed by atoms with Crippen LogP contribution in [0.3, 0.4) is 0 Å². The fourth-order valence-electron chi connectivity index (χ4n) is 6.60. The molecule has 3 atom stereocenters. The number of hydrogen-bond acceptors (Lipinski definition) is 5. The van der Waals surface area contributed by atoms with Crippen LogP contribution < -0.4 is 5.32 Å². The summed E-state index contributed by atoms with van der Waals surface area (Å²) in [6.45, 7) is 7.17. The molecule has 4 aromatic rings. The van der Waals surface area contributed by atoms with Crippen molar-refractivity contribution in [3.05, 3.63) is 107 Å². The first-order valence-electron chi connectivity index (χ1n) is 16.3. The number of fused-ring (bicyclic) bond motifs is 5. The van der Waals surface area contributed by atoms with Crippen LogP contribution in [0.4, 0.5) is 4.79 Å². The number of carbonyl (C=O) groups excluding carboxylic acids is 4. The molecule has 3 aromatic carbocycles. The van der Waals surface area contributed by atoms with Crippen LogP contribution in [-0.2, 0) is 38.5 Å². The van der Waals surface area contributed by atoms with E-state index in [-0.39, 0.29) is 43.6 Å². The van der Waals surface area contributed by atoms with E-state index < -0.39 is 32.2 Å².